The van der Waals surface area contributed by atoms with E-state index >= 15 is 0 Å². The van der Waals surface area contributed by atoms with Crippen LogP contribution in [0.15, 0.2) is 24.3 Å². The summed E-state index contributed by atoms with van der Waals surface area (Å²) in [4.78, 5) is 16.4. The number of benzene rings is 1. The summed E-state index contributed by atoms with van der Waals surface area (Å²) >= 11 is 0. The van der Waals surface area contributed by atoms with Gasteiger partial charge in [0.1, 0.15) is 11.9 Å². The van der Waals surface area contributed by atoms with Crippen molar-refractivity contribution < 1.29 is 9.53 Å². The van der Waals surface area contributed by atoms with Gasteiger partial charge < -0.3 is 10.1 Å². The Labute approximate surface area is 135 Å². The third-order valence-electron chi connectivity index (χ3n) is 4.15. The Hall–Kier alpha value is -2.21. The van der Waals surface area contributed by atoms with E-state index in [9.17, 15) is 4.79 Å². The van der Waals surface area contributed by atoms with E-state index in [0.717, 1.165) is 29.8 Å². The highest BCUT2D eigenvalue weighted by atomic mass is 16.5. The van der Waals surface area contributed by atoms with Crippen LogP contribution in [0.2, 0.25) is 0 Å². The average Bonchev–Trinajstić information content (AvgIpc) is 3.16. The Balaban J connectivity index is 1.46. The summed E-state index contributed by atoms with van der Waals surface area (Å²) in [5.74, 6) is 1.52. The van der Waals surface area contributed by atoms with Crippen LogP contribution < -0.4 is 5.32 Å². The van der Waals surface area contributed by atoms with Crippen molar-refractivity contribution in [3.63, 3.8) is 0 Å². The third-order valence-corrected chi connectivity index (χ3v) is 4.15. The molecule has 1 aliphatic rings. The van der Waals surface area contributed by atoms with Gasteiger partial charge in [-0.15, -0.1) is 0 Å². The summed E-state index contributed by atoms with van der Waals surface area (Å²) in [5, 5.41) is 9.94. The van der Waals surface area contributed by atoms with Gasteiger partial charge in [-0.25, -0.2) is 4.98 Å². The van der Waals surface area contributed by atoms with E-state index < -0.39 is 0 Å². The first-order chi connectivity index (χ1) is 11.1. The predicted molar refractivity (Wildman–Crippen MR) is 85.9 cm³/mol. The number of aromatic nitrogens is 3. The van der Waals surface area contributed by atoms with Gasteiger partial charge in [0, 0.05) is 6.54 Å². The molecule has 2 atom stereocenters. The highest BCUT2D eigenvalue weighted by molar-refractivity contribution is 5.78. The van der Waals surface area contributed by atoms with Crippen LogP contribution >= 0.6 is 0 Å². The number of rotatable bonds is 5. The molecule has 1 amide bonds. The molecule has 2 aromatic rings. The van der Waals surface area contributed by atoms with E-state index in [2.05, 4.69) is 20.5 Å². The summed E-state index contributed by atoms with van der Waals surface area (Å²) in [6, 6.07) is 7.95. The molecule has 23 heavy (non-hydrogen) atoms. The smallest absolute Gasteiger partial charge is 0.224 e. The van der Waals surface area contributed by atoms with Crippen molar-refractivity contribution in [2.45, 2.75) is 45.3 Å². The molecular weight excluding hydrogens is 292 g/mol. The van der Waals surface area contributed by atoms with Crippen molar-refractivity contribution in [2.24, 2.45) is 0 Å². The van der Waals surface area contributed by atoms with Gasteiger partial charge in [-0.3, -0.25) is 9.89 Å². The number of ether oxygens (including phenoxy) is 1. The molecule has 0 saturated carbocycles. The Morgan fingerprint density at radius 1 is 1.35 bits per heavy atom. The summed E-state index contributed by atoms with van der Waals surface area (Å²) in [5.41, 5.74) is 2.20. The number of hydrogen-bond donors (Lipinski definition) is 2. The maximum Gasteiger partial charge on any atom is 0.224 e. The van der Waals surface area contributed by atoms with Crippen LogP contribution in [0.1, 0.15) is 41.7 Å². The lowest BCUT2D eigenvalue weighted by molar-refractivity contribution is -0.121. The Morgan fingerprint density at radius 3 is 2.91 bits per heavy atom. The molecule has 0 aliphatic carbocycles. The Kier molecular flexibility index (Phi) is 4.71. The van der Waals surface area contributed by atoms with Crippen LogP contribution in [0.5, 0.6) is 0 Å². The zero-order valence-corrected chi connectivity index (χ0v) is 13.5. The number of hydrogen-bond acceptors (Lipinski definition) is 4. The van der Waals surface area contributed by atoms with E-state index in [1.165, 1.54) is 0 Å². The quantitative estimate of drug-likeness (QED) is 0.884. The number of amides is 1. The van der Waals surface area contributed by atoms with Gasteiger partial charge in [0.25, 0.3) is 0 Å². The van der Waals surface area contributed by atoms with E-state index in [1.54, 1.807) is 0 Å². The molecule has 1 aromatic heterocycles. The topological polar surface area (TPSA) is 79.9 Å². The van der Waals surface area contributed by atoms with Crippen molar-refractivity contribution in [1.82, 2.24) is 20.5 Å². The fourth-order valence-electron chi connectivity index (χ4n) is 2.82. The van der Waals surface area contributed by atoms with Crippen LogP contribution in [-0.2, 0) is 16.0 Å². The van der Waals surface area contributed by atoms with Crippen LogP contribution in [-0.4, -0.2) is 33.7 Å². The molecule has 0 radical (unpaired) electrons. The third kappa shape index (κ3) is 3.96. The van der Waals surface area contributed by atoms with Gasteiger partial charge in [-0.2, -0.15) is 5.10 Å². The summed E-state index contributed by atoms with van der Waals surface area (Å²) in [7, 11) is 0. The summed E-state index contributed by atoms with van der Waals surface area (Å²) < 4.78 is 5.93. The molecule has 6 heteroatoms. The lowest BCUT2D eigenvalue weighted by atomic mass is 10.1. The molecule has 3 rings (SSSR count). The van der Waals surface area contributed by atoms with Crippen LogP contribution in [0.3, 0.4) is 0 Å². The van der Waals surface area contributed by atoms with Gasteiger partial charge in [0.05, 0.1) is 12.5 Å². The minimum Gasteiger partial charge on any atom is -0.365 e. The molecule has 0 unspecified atom stereocenters. The van der Waals surface area contributed by atoms with E-state index in [4.69, 9.17) is 4.74 Å². The lowest BCUT2D eigenvalue weighted by Crippen LogP contribution is -2.33. The van der Waals surface area contributed by atoms with Crippen LogP contribution in [0, 0.1) is 13.8 Å². The molecule has 1 fully saturated rings. The van der Waals surface area contributed by atoms with Crippen molar-refractivity contribution in [2.75, 3.05) is 6.54 Å². The first-order valence-corrected chi connectivity index (χ1v) is 7.97. The maximum absolute atomic E-state index is 12.1. The number of aryl methyl sites for hydroxylation is 2. The Bertz CT molecular complexity index is 683. The van der Waals surface area contributed by atoms with Crippen molar-refractivity contribution in [1.29, 1.82) is 0 Å². The van der Waals surface area contributed by atoms with Gasteiger partial charge in [0.2, 0.25) is 5.91 Å². The van der Waals surface area contributed by atoms with E-state index in [-0.39, 0.29) is 18.1 Å². The number of H-pyrrole nitrogens is 1. The summed E-state index contributed by atoms with van der Waals surface area (Å²) in [6.07, 6.45) is 2.15. The zero-order chi connectivity index (χ0) is 16.2. The zero-order valence-electron chi connectivity index (χ0n) is 13.5. The van der Waals surface area contributed by atoms with Crippen molar-refractivity contribution >= 4 is 5.91 Å². The second-order valence-corrected chi connectivity index (χ2v) is 6.01. The minimum absolute atomic E-state index is 0.0274. The van der Waals surface area contributed by atoms with Gasteiger partial charge >= 0.3 is 0 Å². The van der Waals surface area contributed by atoms with Crippen LogP contribution in [0.25, 0.3) is 0 Å². The molecule has 6 nitrogen and oxygen atoms in total. The fourth-order valence-corrected chi connectivity index (χ4v) is 2.82. The van der Waals surface area contributed by atoms with E-state index in [0.29, 0.717) is 18.8 Å². The van der Waals surface area contributed by atoms with Gasteiger partial charge in [-0.1, -0.05) is 24.3 Å². The SMILES string of the molecule is Cc1nc([C@@H]2CC[C@H](CNC(=O)Cc3ccccc3C)O2)n[nH]1. The molecule has 0 bridgehead atoms. The highest BCUT2D eigenvalue weighted by Crippen LogP contribution is 2.30. The number of carbonyl (C=O) groups excluding carboxylic acids is 1. The standard InChI is InChI=1S/C17H22N4O2/c1-11-5-3-4-6-13(11)9-16(22)18-10-14-7-8-15(23-14)17-19-12(2)20-21-17/h3-6,14-15H,7-10H2,1-2H3,(H,18,22)(H,19,20,21)/t14-,15+/m1/s1. The highest BCUT2D eigenvalue weighted by Gasteiger charge is 2.29. The molecule has 122 valence electrons. The number of aromatic amines is 1. The minimum atomic E-state index is -0.0711. The van der Waals surface area contributed by atoms with Gasteiger partial charge in [0.15, 0.2) is 5.82 Å². The van der Waals surface area contributed by atoms with Crippen molar-refractivity contribution in [3.05, 3.63) is 47.0 Å². The molecule has 0 spiro atoms. The Morgan fingerprint density at radius 2 is 2.17 bits per heavy atom. The number of carbonyl (C=O) groups is 1. The molecule has 2 heterocycles. The normalized spacial score (nSPS) is 20.6. The second-order valence-electron chi connectivity index (χ2n) is 6.01. The molecule has 2 N–H and O–H groups in total. The first kappa shape index (κ1) is 15.7. The molecule has 1 saturated heterocycles. The van der Waals surface area contributed by atoms with Crippen molar-refractivity contribution in [3.8, 4) is 0 Å². The number of nitrogens with one attached hydrogen (secondary N) is 2. The summed E-state index contributed by atoms with van der Waals surface area (Å²) in [6.45, 7) is 4.42. The number of nitrogens with zero attached hydrogens (tertiary/aromatic N) is 2. The second kappa shape index (κ2) is 6.91. The average molecular weight is 314 g/mol. The van der Waals surface area contributed by atoms with E-state index in [1.807, 2.05) is 38.1 Å². The molecule has 1 aliphatic heterocycles. The monoisotopic (exact) mass is 314 g/mol. The maximum atomic E-state index is 12.1. The molecule has 1 aromatic carbocycles. The van der Waals surface area contributed by atoms with Gasteiger partial charge in [-0.05, 0) is 37.8 Å². The fraction of sp³-hybridized carbons (Fsp3) is 0.471. The predicted octanol–water partition coefficient (Wildman–Crippen LogP) is 2.00. The first-order valence-electron chi connectivity index (χ1n) is 7.97. The lowest BCUT2D eigenvalue weighted by Gasteiger charge is -2.13. The molecular formula is C17H22N4O2. The van der Waals surface area contributed by atoms with Crippen LogP contribution in [0.4, 0.5) is 0 Å². The largest absolute Gasteiger partial charge is 0.365 e.